The highest BCUT2D eigenvalue weighted by atomic mass is 16.6. The average Bonchev–Trinajstić information content (AvgIpc) is 2.42. The number of hydrogen-bond acceptors (Lipinski definition) is 5. The molecule has 6 heteroatoms. The lowest BCUT2D eigenvalue weighted by Crippen LogP contribution is -2.43. The molecule has 1 unspecified atom stereocenters. The minimum absolute atomic E-state index is 0.199. The van der Waals surface area contributed by atoms with E-state index in [2.05, 4.69) is 22.2 Å². The van der Waals surface area contributed by atoms with Gasteiger partial charge in [0.25, 0.3) is 5.69 Å². The Kier molecular flexibility index (Phi) is 4.67. The van der Waals surface area contributed by atoms with Gasteiger partial charge in [-0.05, 0) is 40.3 Å². The Bertz CT molecular complexity index is 498. The van der Waals surface area contributed by atoms with E-state index in [1.54, 1.807) is 20.0 Å². The molecular formula is C14H22N4O2. The summed E-state index contributed by atoms with van der Waals surface area (Å²) in [6.07, 6.45) is 3.94. The summed E-state index contributed by atoms with van der Waals surface area (Å²) in [5.74, 6) is 0. The maximum Gasteiger partial charge on any atom is 0.278 e. The zero-order chi connectivity index (χ0) is 14.7. The Morgan fingerprint density at radius 1 is 1.55 bits per heavy atom. The number of hydrogen-bond donors (Lipinski definition) is 1. The molecule has 0 aliphatic carbocycles. The fourth-order valence-corrected chi connectivity index (χ4v) is 2.78. The fraction of sp³-hybridized carbons (Fsp3) is 0.643. The summed E-state index contributed by atoms with van der Waals surface area (Å²) >= 11 is 0. The van der Waals surface area contributed by atoms with Gasteiger partial charge in [-0.15, -0.1) is 0 Å². The summed E-state index contributed by atoms with van der Waals surface area (Å²) < 4.78 is 0. The van der Waals surface area contributed by atoms with Crippen molar-refractivity contribution in [3.8, 4) is 0 Å². The maximum atomic E-state index is 11.1. The monoisotopic (exact) mass is 278 g/mol. The van der Waals surface area contributed by atoms with E-state index in [4.69, 9.17) is 0 Å². The molecule has 0 amide bonds. The highest BCUT2D eigenvalue weighted by molar-refractivity contribution is 5.47. The molecule has 0 radical (unpaired) electrons. The Hall–Kier alpha value is -1.53. The molecule has 0 bridgehead atoms. The molecule has 1 aromatic heterocycles. The SMILES string of the molecule is Cc1cnc(CN(C)C2CCCNC2)c(C)c1[N+](=O)[O-]. The van der Waals surface area contributed by atoms with E-state index in [9.17, 15) is 10.1 Å². The van der Waals surface area contributed by atoms with Crippen LogP contribution in [0.5, 0.6) is 0 Å². The van der Waals surface area contributed by atoms with Gasteiger partial charge in [-0.3, -0.25) is 20.0 Å². The summed E-state index contributed by atoms with van der Waals surface area (Å²) in [5.41, 5.74) is 2.31. The summed E-state index contributed by atoms with van der Waals surface area (Å²) in [7, 11) is 2.06. The van der Waals surface area contributed by atoms with Gasteiger partial charge in [-0.2, -0.15) is 0 Å². The Morgan fingerprint density at radius 2 is 2.30 bits per heavy atom. The third kappa shape index (κ3) is 3.13. The van der Waals surface area contributed by atoms with Gasteiger partial charge in [-0.1, -0.05) is 0 Å². The van der Waals surface area contributed by atoms with Crippen molar-refractivity contribution in [1.29, 1.82) is 0 Å². The predicted octanol–water partition coefficient (Wildman–Crippen LogP) is 1.79. The van der Waals surface area contributed by atoms with Crippen LogP contribution in [-0.4, -0.2) is 41.0 Å². The van der Waals surface area contributed by atoms with Crippen molar-refractivity contribution in [1.82, 2.24) is 15.2 Å². The van der Waals surface area contributed by atoms with Gasteiger partial charge in [0, 0.05) is 36.5 Å². The van der Waals surface area contributed by atoms with Crippen molar-refractivity contribution in [3.63, 3.8) is 0 Å². The highest BCUT2D eigenvalue weighted by Gasteiger charge is 2.22. The quantitative estimate of drug-likeness (QED) is 0.671. The van der Waals surface area contributed by atoms with Gasteiger partial charge in [-0.25, -0.2) is 0 Å². The van der Waals surface area contributed by atoms with Crippen molar-refractivity contribution >= 4 is 5.69 Å². The Balaban J connectivity index is 2.16. The van der Waals surface area contributed by atoms with Crippen LogP contribution in [-0.2, 0) is 6.54 Å². The van der Waals surface area contributed by atoms with Crippen LogP contribution in [0.4, 0.5) is 5.69 Å². The van der Waals surface area contributed by atoms with Crippen molar-refractivity contribution < 1.29 is 4.92 Å². The van der Waals surface area contributed by atoms with E-state index >= 15 is 0 Å². The topological polar surface area (TPSA) is 71.3 Å². The van der Waals surface area contributed by atoms with E-state index in [0.29, 0.717) is 23.7 Å². The van der Waals surface area contributed by atoms with Crippen molar-refractivity contribution in [2.24, 2.45) is 0 Å². The third-order valence-corrected chi connectivity index (χ3v) is 4.05. The van der Waals surface area contributed by atoms with E-state index in [1.807, 2.05) is 0 Å². The molecule has 2 heterocycles. The van der Waals surface area contributed by atoms with Gasteiger partial charge in [0.1, 0.15) is 0 Å². The third-order valence-electron chi connectivity index (χ3n) is 4.05. The lowest BCUT2D eigenvalue weighted by molar-refractivity contribution is -0.386. The molecule has 1 N–H and O–H groups in total. The van der Waals surface area contributed by atoms with Crippen molar-refractivity contribution in [2.45, 2.75) is 39.3 Å². The lowest BCUT2D eigenvalue weighted by Gasteiger charge is -2.31. The van der Waals surface area contributed by atoms with Gasteiger partial charge in [0.2, 0.25) is 0 Å². The van der Waals surface area contributed by atoms with Crippen molar-refractivity contribution in [2.75, 3.05) is 20.1 Å². The molecule has 0 aromatic carbocycles. The highest BCUT2D eigenvalue weighted by Crippen LogP contribution is 2.25. The van der Waals surface area contributed by atoms with Crippen LogP contribution < -0.4 is 5.32 Å². The molecule has 1 aliphatic rings. The standard InChI is InChI=1S/C14H22N4O2/c1-10-7-16-13(11(2)14(10)18(19)20)9-17(3)12-5-4-6-15-8-12/h7,12,15H,4-6,8-9H2,1-3H3. The van der Waals surface area contributed by atoms with Gasteiger partial charge >= 0.3 is 0 Å². The van der Waals surface area contributed by atoms with Crippen LogP contribution in [0, 0.1) is 24.0 Å². The molecule has 0 spiro atoms. The van der Waals surface area contributed by atoms with Crippen LogP contribution in [0.25, 0.3) is 0 Å². The van der Waals surface area contributed by atoms with Gasteiger partial charge in [0.05, 0.1) is 10.6 Å². The van der Waals surface area contributed by atoms with E-state index in [1.165, 1.54) is 6.42 Å². The second kappa shape index (κ2) is 6.28. The number of pyridine rings is 1. The van der Waals surface area contributed by atoms with Crippen LogP contribution in [0.2, 0.25) is 0 Å². The molecule has 2 rings (SSSR count). The second-order valence-corrected chi connectivity index (χ2v) is 5.53. The first kappa shape index (κ1) is 14.9. The number of likely N-dealkylation sites (N-methyl/N-ethyl adjacent to an activating group) is 1. The molecule has 1 aliphatic heterocycles. The number of nitrogens with one attached hydrogen (secondary N) is 1. The second-order valence-electron chi connectivity index (χ2n) is 5.53. The van der Waals surface area contributed by atoms with Crippen molar-refractivity contribution in [3.05, 3.63) is 33.1 Å². The van der Waals surface area contributed by atoms with Gasteiger partial charge < -0.3 is 5.32 Å². The number of nitrogens with zero attached hydrogens (tertiary/aromatic N) is 3. The van der Waals surface area contributed by atoms with E-state index < -0.39 is 0 Å². The molecule has 6 nitrogen and oxygen atoms in total. The first-order chi connectivity index (χ1) is 9.50. The molecular weight excluding hydrogens is 256 g/mol. The molecule has 1 saturated heterocycles. The predicted molar refractivity (Wildman–Crippen MR) is 77.7 cm³/mol. The number of aromatic nitrogens is 1. The summed E-state index contributed by atoms with van der Waals surface area (Å²) in [4.78, 5) is 17.5. The molecule has 0 saturated carbocycles. The normalized spacial score (nSPS) is 19.3. The molecule has 20 heavy (non-hydrogen) atoms. The maximum absolute atomic E-state index is 11.1. The van der Waals surface area contributed by atoms with Gasteiger partial charge in [0.15, 0.2) is 0 Å². The Morgan fingerprint density at radius 3 is 2.90 bits per heavy atom. The lowest BCUT2D eigenvalue weighted by atomic mass is 10.0. The average molecular weight is 278 g/mol. The molecule has 1 aromatic rings. The first-order valence-corrected chi connectivity index (χ1v) is 7.01. The molecule has 110 valence electrons. The van der Waals surface area contributed by atoms with Crippen LogP contribution >= 0.6 is 0 Å². The summed E-state index contributed by atoms with van der Waals surface area (Å²) in [5, 5.41) is 14.5. The van der Waals surface area contributed by atoms with Crippen LogP contribution in [0.3, 0.4) is 0 Å². The number of nitro groups is 1. The molecule has 1 fully saturated rings. The number of rotatable bonds is 4. The number of aryl methyl sites for hydroxylation is 1. The largest absolute Gasteiger partial charge is 0.315 e. The zero-order valence-electron chi connectivity index (χ0n) is 12.3. The van der Waals surface area contributed by atoms with E-state index in [0.717, 1.165) is 25.2 Å². The van der Waals surface area contributed by atoms with Crippen LogP contribution in [0.15, 0.2) is 6.20 Å². The Labute approximate surface area is 119 Å². The van der Waals surface area contributed by atoms with E-state index in [-0.39, 0.29) is 10.6 Å². The minimum atomic E-state index is -0.308. The first-order valence-electron chi connectivity index (χ1n) is 7.01. The summed E-state index contributed by atoms with van der Waals surface area (Å²) in [6.45, 7) is 6.23. The zero-order valence-corrected chi connectivity index (χ0v) is 12.3. The van der Waals surface area contributed by atoms with Crippen LogP contribution in [0.1, 0.15) is 29.7 Å². The summed E-state index contributed by atoms with van der Waals surface area (Å²) in [6, 6.07) is 0.477. The fourth-order valence-electron chi connectivity index (χ4n) is 2.78. The minimum Gasteiger partial charge on any atom is -0.315 e. The smallest absolute Gasteiger partial charge is 0.278 e. The number of piperidine rings is 1. The molecule has 1 atom stereocenters.